The predicted molar refractivity (Wildman–Crippen MR) is 78.5 cm³/mol. The molecule has 0 atom stereocenters. The highest BCUT2D eigenvalue weighted by Crippen LogP contribution is 2.37. The summed E-state index contributed by atoms with van der Waals surface area (Å²) in [5.41, 5.74) is 4.48. The average molecular weight is 252 g/mol. The van der Waals surface area contributed by atoms with Gasteiger partial charge in [0.05, 0.1) is 6.07 Å². The second-order valence-corrected chi connectivity index (χ2v) is 5.41. The van der Waals surface area contributed by atoms with Gasteiger partial charge in [-0.3, -0.25) is 0 Å². The van der Waals surface area contributed by atoms with E-state index in [-0.39, 0.29) is 0 Å². The zero-order valence-electron chi connectivity index (χ0n) is 11.5. The highest BCUT2D eigenvalue weighted by atomic mass is 15.2. The van der Waals surface area contributed by atoms with Crippen molar-refractivity contribution in [1.82, 2.24) is 4.90 Å². The number of anilines is 1. The fourth-order valence-corrected chi connectivity index (χ4v) is 3.29. The lowest BCUT2D eigenvalue weighted by atomic mass is 9.86. The Hall–Kier alpha value is -1.47. The minimum absolute atomic E-state index is 0.651. The molecule has 3 nitrogen and oxygen atoms in total. The Bertz CT molecular complexity index is 503. The topological polar surface area (TPSA) is 30.3 Å². The number of hydrogen-bond acceptors (Lipinski definition) is 3. The first kappa shape index (κ1) is 12.6. The van der Waals surface area contributed by atoms with E-state index in [0.717, 1.165) is 26.2 Å². The minimum Gasteiger partial charge on any atom is -0.419 e. The van der Waals surface area contributed by atoms with Gasteiger partial charge < -0.3 is 9.71 Å². The second-order valence-electron chi connectivity index (χ2n) is 5.41. The molecule has 0 bridgehead atoms. The Morgan fingerprint density at radius 3 is 3.00 bits per heavy atom. The molecule has 1 radical (unpaired) electrons. The van der Waals surface area contributed by atoms with Crippen LogP contribution in [-0.4, -0.2) is 38.5 Å². The molecule has 0 unspecified atom stereocenters. The van der Waals surface area contributed by atoms with E-state index in [0.29, 0.717) is 12.3 Å². The average Bonchev–Trinajstić information content (AvgIpc) is 2.80. The van der Waals surface area contributed by atoms with Crippen molar-refractivity contribution in [2.45, 2.75) is 25.6 Å². The summed E-state index contributed by atoms with van der Waals surface area (Å²) in [4.78, 5) is 4.73. The molecule has 2 aliphatic heterocycles. The Labute approximate surface area is 116 Å². The molecular formula is C15H19BN3. The second kappa shape index (κ2) is 5.26. The minimum atomic E-state index is 0.651. The number of nitriles is 1. The van der Waals surface area contributed by atoms with E-state index < -0.39 is 0 Å². The smallest absolute Gasteiger partial charge is 0.242 e. The van der Waals surface area contributed by atoms with Crippen LogP contribution in [0.15, 0.2) is 18.2 Å². The van der Waals surface area contributed by atoms with Gasteiger partial charge in [0.25, 0.3) is 0 Å². The largest absolute Gasteiger partial charge is 0.419 e. The number of fused-ring (bicyclic) bond motifs is 1. The molecular weight excluding hydrogens is 233 g/mol. The van der Waals surface area contributed by atoms with Crippen LogP contribution >= 0.6 is 0 Å². The lowest BCUT2D eigenvalue weighted by Gasteiger charge is -2.40. The zero-order chi connectivity index (χ0) is 13.2. The molecule has 4 heteroatoms. The Balaban J connectivity index is 1.71. The molecule has 2 aliphatic rings. The van der Waals surface area contributed by atoms with E-state index in [2.05, 4.69) is 48.2 Å². The Kier molecular flexibility index (Phi) is 3.48. The molecule has 2 heterocycles. The van der Waals surface area contributed by atoms with Crippen molar-refractivity contribution in [3.05, 3.63) is 29.3 Å². The quantitative estimate of drug-likeness (QED) is 0.768. The van der Waals surface area contributed by atoms with Crippen molar-refractivity contribution >= 4 is 13.1 Å². The van der Waals surface area contributed by atoms with E-state index >= 15 is 0 Å². The van der Waals surface area contributed by atoms with Crippen molar-refractivity contribution in [1.29, 1.82) is 5.26 Å². The van der Waals surface area contributed by atoms with Crippen LogP contribution in [0.4, 0.5) is 5.69 Å². The lowest BCUT2D eigenvalue weighted by Crippen LogP contribution is -2.45. The maximum absolute atomic E-state index is 8.62. The molecule has 19 heavy (non-hydrogen) atoms. The molecule has 0 saturated carbocycles. The van der Waals surface area contributed by atoms with Gasteiger partial charge in [0.15, 0.2) is 0 Å². The van der Waals surface area contributed by atoms with Gasteiger partial charge in [-0.2, -0.15) is 5.26 Å². The molecule has 0 aliphatic carbocycles. The van der Waals surface area contributed by atoms with E-state index in [9.17, 15) is 0 Å². The summed E-state index contributed by atoms with van der Waals surface area (Å²) in [7, 11) is 2.18. The van der Waals surface area contributed by atoms with Gasteiger partial charge in [-0.25, -0.2) is 0 Å². The number of rotatable bonds is 4. The van der Waals surface area contributed by atoms with Gasteiger partial charge >= 0.3 is 0 Å². The fraction of sp³-hybridized carbons (Fsp3) is 0.533. The van der Waals surface area contributed by atoms with Gasteiger partial charge in [-0.1, -0.05) is 19.0 Å². The van der Waals surface area contributed by atoms with Crippen LogP contribution < -0.4 is 4.81 Å². The molecule has 1 fully saturated rings. The zero-order valence-corrected chi connectivity index (χ0v) is 11.5. The molecule has 1 aromatic rings. The van der Waals surface area contributed by atoms with Gasteiger partial charge in [0, 0.05) is 44.2 Å². The van der Waals surface area contributed by atoms with Crippen LogP contribution in [0.5, 0.6) is 0 Å². The summed E-state index contributed by atoms with van der Waals surface area (Å²) >= 11 is 0. The van der Waals surface area contributed by atoms with Crippen LogP contribution in [0.2, 0.25) is 6.82 Å². The molecule has 1 aromatic carbocycles. The number of likely N-dealkylation sites (tertiary alicyclic amines) is 1. The summed E-state index contributed by atoms with van der Waals surface area (Å²) in [6.07, 6.45) is 1.82. The van der Waals surface area contributed by atoms with Crippen LogP contribution in [0.1, 0.15) is 23.5 Å². The number of hydrogen-bond donors (Lipinski definition) is 0. The van der Waals surface area contributed by atoms with Crippen LogP contribution in [-0.2, 0) is 6.42 Å². The van der Waals surface area contributed by atoms with Crippen molar-refractivity contribution in [2.24, 2.45) is 0 Å². The van der Waals surface area contributed by atoms with Crippen LogP contribution in [0.3, 0.4) is 0 Å². The monoisotopic (exact) mass is 252 g/mol. The predicted octanol–water partition coefficient (Wildman–Crippen LogP) is 2.03. The van der Waals surface area contributed by atoms with E-state index in [4.69, 9.17) is 5.26 Å². The first-order valence-electron chi connectivity index (χ1n) is 7.10. The molecule has 97 valence electrons. The molecule has 0 spiro atoms. The van der Waals surface area contributed by atoms with Gasteiger partial charge in [-0.15, -0.1) is 0 Å². The van der Waals surface area contributed by atoms with E-state index in [1.807, 2.05) is 0 Å². The third-order valence-electron chi connectivity index (χ3n) is 4.35. The summed E-state index contributed by atoms with van der Waals surface area (Å²) in [5, 5.41) is 8.62. The fourth-order valence-electron chi connectivity index (χ4n) is 3.29. The van der Waals surface area contributed by atoms with E-state index in [1.165, 1.54) is 17.7 Å². The summed E-state index contributed by atoms with van der Waals surface area (Å²) < 4.78 is 0. The highest BCUT2D eigenvalue weighted by molar-refractivity contribution is 6.40. The van der Waals surface area contributed by atoms with Crippen molar-refractivity contribution in [3.8, 4) is 6.07 Å². The summed E-state index contributed by atoms with van der Waals surface area (Å²) in [6.45, 7) is 6.39. The standard InChI is InChI=1S/C15H19BN3/c1-16-19-9-6-14-13(4-2-5-15(14)19)12-10-18(11-12)8-3-7-17/h2,4-5,12H,3,6,8-11H2,1H3. The van der Waals surface area contributed by atoms with Crippen LogP contribution in [0.25, 0.3) is 0 Å². The van der Waals surface area contributed by atoms with Crippen molar-refractivity contribution in [3.63, 3.8) is 0 Å². The number of benzene rings is 1. The third-order valence-corrected chi connectivity index (χ3v) is 4.35. The normalized spacial score (nSPS) is 18.8. The summed E-state index contributed by atoms with van der Waals surface area (Å²) in [6, 6.07) is 8.94. The molecule has 0 N–H and O–H groups in total. The lowest BCUT2D eigenvalue weighted by molar-refractivity contribution is 0.151. The molecule has 0 amide bonds. The maximum Gasteiger partial charge on any atom is 0.242 e. The first-order chi connectivity index (χ1) is 9.33. The number of nitrogens with zero attached hydrogens (tertiary/aromatic N) is 3. The van der Waals surface area contributed by atoms with Crippen molar-refractivity contribution in [2.75, 3.05) is 31.0 Å². The molecule has 1 saturated heterocycles. The summed E-state index contributed by atoms with van der Waals surface area (Å²) in [5.74, 6) is 0.672. The Morgan fingerprint density at radius 2 is 2.26 bits per heavy atom. The molecule has 3 rings (SSSR count). The Morgan fingerprint density at radius 1 is 1.42 bits per heavy atom. The van der Waals surface area contributed by atoms with Gasteiger partial charge in [0.1, 0.15) is 0 Å². The van der Waals surface area contributed by atoms with Gasteiger partial charge in [0.2, 0.25) is 7.41 Å². The molecule has 0 aromatic heterocycles. The van der Waals surface area contributed by atoms with E-state index in [1.54, 1.807) is 5.56 Å². The maximum atomic E-state index is 8.62. The SMILES string of the molecule is C[B]N1CCc2c(C3CN(CCC#N)C3)cccc21. The van der Waals surface area contributed by atoms with Gasteiger partial charge in [-0.05, 0) is 23.6 Å². The van der Waals surface area contributed by atoms with Crippen molar-refractivity contribution < 1.29 is 0 Å². The third kappa shape index (κ3) is 2.23. The highest BCUT2D eigenvalue weighted by Gasteiger charge is 2.31. The first-order valence-corrected chi connectivity index (χ1v) is 7.10. The van der Waals surface area contributed by atoms with Crippen LogP contribution in [0, 0.1) is 11.3 Å².